The van der Waals surface area contributed by atoms with E-state index in [1.54, 1.807) is 21.9 Å². The number of aromatic amines is 1. The Balaban J connectivity index is 0.00000210. The fraction of sp³-hybridized carbons (Fsp3) is 0.278. The Morgan fingerprint density at radius 2 is 1.81 bits per heavy atom. The molecule has 2 aromatic heterocycles. The van der Waals surface area contributed by atoms with E-state index in [1.807, 2.05) is 24.3 Å². The molecule has 0 spiro atoms. The predicted molar refractivity (Wildman–Crippen MR) is 98.0 cm³/mol. The third kappa shape index (κ3) is 4.28. The number of thioether (sulfide) groups is 1. The highest BCUT2D eigenvalue weighted by atomic mass is 35.5. The first-order valence-corrected chi connectivity index (χ1v) is 9.37. The molecule has 3 aromatic rings. The number of nitrogens with one attached hydrogen (secondary N) is 1. The summed E-state index contributed by atoms with van der Waals surface area (Å²) >= 11 is 1.40. The molecule has 3 heterocycles. The minimum Gasteiger partial charge on any atom is -1.00 e. The lowest BCUT2D eigenvalue weighted by atomic mass is 10.3. The molecule has 1 aromatic carbocycles. The Hall–Kier alpha value is -2.45. The first-order chi connectivity index (χ1) is 12.7. The monoisotopic (exact) mass is 405 g/mol. The number of hydrogen-bond acceptors (Lipinski definition) is 5. The van der Waals surface area contributed by atoms with Crippen LogP contribution in [0, 0.1) is 0 Å². The average Bonchev–Trinajstić information content (AvgIpc) is 3.35. The molecule has 27 heavy (non-hydrogen) atoms. The van der Waals surface area contributed by atoms with Gasteiger partial charge in [0, 0.05) is 26.2 Å². The third-order valence-corrected chi connectivity index (χ3v) is 5.21. The van der Waals surface area contributed by atoms with Gasteiger partial charge in [-0.3, -0.25) is 9.59 Å². The Kier molecular flexibility index (Phi) is 6.08. The summed E-state index contributed by atoms with van der Waals surface area (Å²) in [5.74, 6) is 0.593. The number of carbonyl (C=O) groups excluding carboxylic acids is 2. The van der Waals surface area contributed by atoms with Gasteiger partial charge in [-0.15, -0.1) is 0 Å². The molecule has 2 amide bonds. The van der Waals surface area contributed by atoms with Crippen molar-refractivity contribution in [2.75, 3.05) is 31.9 Å². The second-order valence-electron chi connectivity index (χ2n) is 6.00. The van der Waals surface area contributed by atoms with Crippen molar-refractivity contribution in [3.8, 4) is 0 Å². The Morgan fingerprint density at radius 3 is 2.52 bits per heavy atom. The fourth-order valence-corrected chi connectivity index (χ4v) is 3.72. The summed E-state index contributed by atoms with van der Waals surface area (Å²) in [5.41, 5.74) is 1.86. The normalized spacial score (nSPS) is 14.2. The van der Waals surface area contributed by atoms with Crippen LogP contribution in [0.4, 0.5) is 0 Å². The topological polar surface area (TPSA) is 82.4 Å². The van der Waals surface area contributed by atoms with Crippen LogP contribution >= 0.6 is 11.8 Å². The number of hydrogen-bond donors (Lipinski definition) is 1. The molecule has 0 unspecified atom stereocenters. The first kappa shape index (κ1) is 19.3. The lowest BCUT2D eigenvalue weighted by Crippen LogP contribution is -3.00. The molecule has 9 heteroatoms. The van der Waals surface area contributed by atoms with Crippen LogP contribution in [0.3, 0.4) is 0 Å². The number of para-hydroxylation sites is 2. The minimum absolute atomic E-state index is 0. The lowest BCUT2D eigenvalue weighted by Gasteiger charge is -2.34. The van der Waals surface area contributed by atoms with Gasteiger partial charge in [0.15, 0.2) is 10.9 Å². The van der Waals surface area contributed by atoms with Gasteiger partial charge in [0.05, 0.1) is 23.0 Å². The van der Waals surface area contributed by atoms with E-state index < -0.39 is 0 Å². The molecule has 0 atom stereocenters. The smallest absolute Gasteiger partial charge is 0.289 e. The highest BCUT2D eigenvalue weighted by Gasteiger charge is 2.26. The number of piperazine rings is 1. The van der Waals surface area contributed by atoms with E-state index in [9.17, 15) is 9.59 Å². The van der Waals surface area contributed by atoms with Gasteiger partial charge in [0.25, 0.3) is 5.91 Å². The summed E-state index contributed by atoms with van der Waals surface area (Å²) in [6.07, 6.45) is 1.49. The Bertz CT molecular complexity index is 887. The first-order valence-electron chi connectivity index (χ1n) is 8.39. The molecule has 1 aliphatic rings. The summed E-state index contributed by atoms with van der Waals surface area (Å²) in [5, 5.41) is 0.742. The Morgan fingerprint density at radius 1 is 1.07 bits per heavy atom. The molecule has 7 nitrogen and oxygen atoms in total. The summed E-state index contributed by atoms with van der Waals surface area (Å²) in [4.78, 5) is 35.9. The van der Waals surface area contributed by atoms with Gasteiger partial charge in [0.1, 0.15) is 0 Å². The molecular formula is C18H18ClN4O3S-. The molecule has 1 fully saturated rings. The lowest BCUT2D eigenvalue weighted by molar-refractivity contribution is -0.129. The number of amides is 2. The highest BCUT2D eigenvalue weighted by molar-refractivity contribution is 7.99. The van der Waals surface area contributed by atoms with Crippen molar-refractivity contribution in [2.24, 2.45) is 0 Å². The molecule has 1 N–H and O–H groups in total. The summed E-state index contributed by atoms with van der Waals surface area (Å²) in [6, 6.07) is 11.1. The zero-order chi connectivity index (χ0) is 17.9. The Labute approximate surface area is 166 Å². The van der Waals surface area contributed by atoms with Crippen LogP contribution in [0.2, 0.25) is 0 Å². The van der Waals surface area contributed by atoms with E-state index in [0.29, 0.717) is 37.7 Å². The molecule has 0 aliphatic carbocycles. The van der Waals surface area contributed by atoms with Crippen LogP contribution in [-0.4, -0.2) is 63.5 Å². The average molecular weight is 406 g/mol. The van der Waals surface area contributed by atoms with E-state index in [1.165, 1.54) is 18.0 Å². The number of imidazole rings is 1. The van der Waals surface area contributed by atoms with Crippen LogP contribution in [0.5, 0.6) is 0 Å². The maximum atomic E-state index is 12.4. The van der Waals surface area contributed by atoms with Gasteiger partial charge in [-0.2, -0.15) is 0 Å². The predicted octanol–water partition coefficient (Wildman–Crippen LogP) is -0.763. The fourth-order valence-electron chi connectivity index (χ4n) is 2.93. The van der Waals surface area contributed by atoms with E-state index in [-0.39, 0.29) is 24.2 Å². The van der Waals surface area contributed by atoms with E-state index in [4.69, 9.17) is 4.42 Å². The molecule has 0 saturated carbocycles. The van der Waals surface area contributed by atoms with E-state index in [2.05, 4.69) is 9.97 Å². The molecular weight excluding hydrogens is 388 g/mol. The van der Waals surface area contributed by atoms with Crippen LogP contribution in [0.1, 0.15) is 10.6 Å². The second-order valence-corrected chi connectivity index (χ2v) is 6.96. The van der Waals surface area contributed by atoms with E-state index >= 15 is 0 Å². The maximum absolute atomic E-state index is 12.4. The van der Waals surface area contributed by atoms with Crippen molar-refractivity contribution < 1.29 is 26.4 Å². The molecule has 142 valence electrons. The van der Waals surface area contributed by atoms with Crippen LogP contribution in [0.15, 0.2) is 52.2 Å². The maximum Gasteiger partial charge on any atom is 0.289 e. The zero-order valence-electron chi connectivity index (χ0n) is 14.4. The number of nitrogens with zero attached hydrogens (tertiary/aromatic N) is 3. The third-order valence-electron chi connectivity index (χ3n) is 4.35. The number of rotatable bonds is 4. The van der Waals surface area contributed by atoms with Gasteiger partial charge < -0.3 is 31.6 Å². The molecule has 1 aliphatic heterocycles. The summed E-state index contributed by atoms with van der Waals surface area (Å²) < 4.78 is 5.15. The largest absolute Gasteiger partial charge is 1.00 e. The van der Waals surface area contributed by atoms with Crippen molar-refractivity contribution in [1.82, 2.24) is 19.8 Å². The van der Waals surface area contributed by atoms with Crippen molar-refractivity contribution in [2.45, 2.75) is 5.16 Å². The quantitative estimate of drug-likeness (QED) is 0.577. The number of furan rings is 1. The van der Waals surface area contributed by atoms with Crippen molar-refractivity contribution in [3.05, 3.63) is 48.4 Å². The number of benzene rings is 1. The second kappa shape index (κ2) is 8.49. The number of H-pyrrole nitrogens is 1. The van der Waals surface area contributed by atoms with Crippen molar-refractivity contribution in [3.63, 3.8) is 0 Å². The van der Waals surface area contributed by atoms with Crippen molar-refractivity contribution in [1.29, 1.82) is 0 Å². The SMILES string of the molecule is O=C(CSc1nc2ccccc2[nH]1)N1CCN(C(=O)c2ccco2)CC1.[Cl-]. The summed E-state index contributed by atoms with van der Waals surface area (Å²) in [7, 11) is 0. The zero-order valence-corrected chi connectivity index (χ0v) is 16.0. The molecule has 4 rings (SSSR count). The summed E-state index contributed by atoms with van der Waals surface area (Å²) in [6.45, 7) is 2.10. The van der Waals surface area contributed by atoms with Crippen molar-refractivity contribution >= 4 is 34.6 Å². The van der Waals surface area contributed by atoms with Gasteiger partial charge in [0.2, 0.25) is 5.91 Å². The molecule has 0 radical (unpaired) electrons. The van der Waals surface area contributed by atoms with Gasteiger partial charge in [-0.05, 0) is 24.3 Å². The van der Waals surface area contributed by atoms with Crippen LogP contribution in [-0.2, 0) is 4.79 Å². The molecule has 1 saturated heterocycles. The molecule has 0 bridgehead atoms. The number of halogens is 1. The van der Waals surface area contributed by atoms with Gasteiger partial charge >= 0.3 is 0 Å². The van der Waals surface area contributed by atoms with Gasteiger partial charge in [-0.1, -0.05) is 23.9 Å². The number of carbonyl (C=O) groups is 2. The number of aromatic nitrogens is 2. The van der Waals surface area contributed by atoms with Gasteiger partial charge in [-0.25, -0.2) is 4.98 Å². The van der Waals surface area contributed by atoms with Crippen LogP contribution < -0.4 is 12.4 Å². The highest BCUT2D eigenvalue weighted by Crippen LogP contribution is 2.20. The van der Waals surface area contributed by atoms with E-state index in [0.717, 1.165) is 16.2 Å². The minimum atomic E-state index is -0.126. The number of fused-ring (bicyclic) bond motifs is 1. The standard InChI is InChI=1S/C18H18N4O3S.ClH/c23-16(12-26-18-19-13-4-1-2-5-14(13)20-18)21-7-9-22(10-8-21)17(24)15-6-3-11-25-15;/h1-6,11H,7-10,12H2,(H,19,20);1H/p-1. The van der Waals surface area contributed by atoms with Crippen LogP contribution in [0.25, 0.3) is 11.0 Å².